The normalized spacial score (nSPS) is 10.6. The molecule has 0 aliphatic heterocycles. The van der Waals surface area contributed by atoms with Crippen molar-refractivity contribution in [2.24, 2.45) is 0 Å². The van der Waals surface area contributed by atoms with Crippen molar-refractivity contribution in [3.63, 3.8) is 0 Å². The van der Waals surface area contributed by atoms with Crippen molar-refractivity contribution in [3.05, 3.63) is 69.8 Å². The van der Waals surface area contributed by atoms with Crippen LogP contribution in [-0.4, -0.2) is 16.1 Å². The second-order valence-electron chi connectivity index (χ2n) is 5.22. The summed E-state index contributed by atoms with van der Waals surface area (Å²) >= 11 is 12.0. The molecule has 3 rings (SSSR count). The molecule has 0 unspecified atom stereocenters. The average Bonchev–Trinajstić information content (AvgIpc) is 2.98. The molecule has 0 saturated heterocycles. The number of hydrogen-bond acceptors (Lipinski definition) is 2. The Morgan fingerprint density at radius 3 is 2.50 bits per heavy atom. The quantitative estimate of drug-likeness (QED) is 0.672. The number of carbonyl (C=O) groups excluding carboxylic acids is 1. The first-order valence-corrected chi connectivity index (χ1v) is 8.24. The van der Waals surface area contributed by atoms with Gasteiger partial charge < -0.3 is 5.32 Å². The highest BCUT2D eigenvalue weighted by atomic mass is 35.5. The van der Waals surface area contributed by atoms with E-state index < -0.39 is 0 Å². The number of anilines is 1. The van der Waals surface area contributed by atoms with Gasteiger partial charge in [-0.3, -0.25) is 9.89 Å². The van der Waals surface area contributed by atoms with Gasteiger partial charge in [0.25, 0.3) is 5.91 Å². The number of rotatable bonds is 4. The first-order chi connectivity index (χ1) is 11.6. The van der Waals surface area contributed by atoms with E-state index in [2.05, 4.69) is 15.5 Å². The number of halogens is 2. The number of H-pyrrole nitrogens is 1. The molecule has 2 N–H and O–H groups in total. The zero-order valence-electron chi connectivity index (χ0n) is 12.9. The molecular weight excluding hydrogens is 345 g/mol. The number of amides is 1. The highest BCUT2D eigenvalue weighted by Crippen LogP contribution is 2.31. The molecule has 0 fully saturated rings. The SMILES string of the molecule is CCc1[nH]nc(-c2ccc(Cl)cc2)c1NC(=O)c1ccccc1Cl. The zero-order chi connectivity index (χ0) is 17.1. The van der Waals surface area contributed by atoms with Crippen LogP contribution in [0.4, 0.5) is 5.69 Å². The molecule has 4 nitrogen and oxygen atoms in total. The van der Waals surface area contributed by atoms with Crippen LogP contribution in [0.1, 0.15) is 23.0 Å². The van der Waals surface area contributed by atoms with Crippen molar-refractivity contribution in [2.75, 3.05) is 5.32 Å². The lowest BCUT2D eigenvalue weighted by atomic mass is 10.1. The lowest BCUT2D eigenvalue weighted by Crippen LogP contribution is -2.13. The van der Waals surface area contributed by atoms with Crippen molar-refractivity contribution >= 4 is 34.8 Å². The summed E-state index contributed by atoms with van der Waals surface area (Å²) in [7, 11) is 0. The van der Waals surface area contributed by atoms with Gasteiger partial charge in [0.15, 0.2) is 0 Å². The largest absolute Gasteiger partial charge is 0.318 e. The number of hydrogen-bond donors (Lipinski definition) is 2. The second kappa shape index (κ2) is 7.07. The minimum Gasteiger partial charge on any atom is -0.318 e. The van der Waals surface area contributed by atoms with Crippen LogP contribution in [0, 0.1) is 0 Å². The highest BCUT2D eigenvalue weighted by Gasteiger charge is 2.18. The Balaban J connectivity index is 1.98. The Morgan fingerprint density at radius 2 is 1.83 bits per heavy atom. The van der Waals surface area contributed by atoms with Crippen LogP contribution in [0.5, 0.6) is 0 Å². The van der Waals surface area contributed by atoms with Crippen LogP contribution in [0.3, 0.4) is 0 Å². The molecule has 24 heavy (non-hydrogen) atoms. The van der Waals surface area contributed by atoms with E-state index in [1.165, 1.54) is 0 Å². The van der Waals surface area contributed by atoms with Crippen LogP contribution < -0.4 is 5.32 Å². The standard InChI is InChI=1S/C18H15Cl2N3O/c1-2-15-17(21-18(24)13-5-3-4-6-14(13)20)16(23-22-15)11-7-9-12(19)10-8-11/h3-10H,2H2,1H3,(H,21,24)(H,22,23). The second-order valence-corrected chi connectivity index (χ2v) is 6.06. The van der Waals surface area contributed by atoms with E-state index in [-0.39, 0.29) is 5.91 Å². The predicted octanol–water partition coefficient (Wildman–Crippen LogP) is 5.20. The molecule has 0 radical (unpaired) electrons. The summed E-state index contributed by atoms with van der Waals surface area (Å²) in [6.07, 6.45) is 0.707. The van der Waals surface area contributed by atoms with Crippen LogP contribution in [-0.2, 0) is 6.42 Å². The van der Waals surface area contributed by atoms with E-state index in [4.69, 9.17) is 23.2 Å². The number of carbonyl (C=O) groups is 1. The molecule has 1 aromatic heterocycles. The van der Waals surface area contributed by atoms with Crippen molar-refractivity contribution in [3.8, 4) is 11.3 Å². The predicted molar refractivity (Wildman–Crippen MR) is 97.8 cm³/mol. The van der Waals surface area contributed by atoms with Gasteiger partial charge in [-0.05, 0) is 30.7 Å². The Kier molecular flexibility index (Phi) is 4.88. The molecule has 0 saturated carbocycles. The summed E-state index contributed by atoms with van der Waals surface area (Å²) in [5.74, 6) is -0.271. The molecule has 1 heterocycles. The Hall–Kier alpha value is -2.30. The Bertz CT molecular complexity index is 872. The molecule has 3 aromatic rings. The maximum Gasteiger partial charge on any atom is 0.257 e. The monoisotopic (exact) mass is 359 g/mol. The fourth-order valence-corrected chi connectivity index (χ4v) is 2.76. The fourth-order valence-electron chi connectivity index (χ4n) is 2.41. The summed E-state index contributed by atoms with van der Waals surface area (Å²) in [6, 6.07) is 14.2. The van der Waals surface area contributed by atoms with Crippen LogP contribution >= 0.6 is 23.2 Å². The summed E-state index contributed by atoms with van der Waals surface area (Å²) in [5, 5.41) is 11.3. The third-order valence-corrected chi connectivity index (χ3v) is 4.25. The fraction of sp³-hybridized carbons (Fsp3) is 0.111. The first-order valence-electron chi connectivity index (χ1n) is 7.49. The van der Waals surface area contributed by atoms with Crippen molar-refractivity contribution in [2.45, 2.75) is 13.3 Å². The van der Waals surface area contributed by atoms with Gasteiger partial charge in [0.2, 0.25) is 0 Å². The Morgan fingerprint density at radius 1 is 1.12 bits per heavy atom. The van der Waals surface area contributed by atoms with Gasteiger partial charge in [0.05, 0.1) is 22.0 Å². The van der Waals surface area contributed by atoms with E-state index in [1.807, 2.05) is 19.1 Å². The zero-order valence-corrected chi connectivity index (χ0v) is 14.4. The number of benzene rings is 2. The number of aromatic nitrogens is 2. The molecule has 122 valence electrons. The molecule has 0 atom stereocenters. The van der Waals surface area contributed by atoms with E-state index >= 15 is 0 Å². The number of nitrogens with one attached hydrogen (secondary N) is 2. The van der Waals surface area contributed by atoms with Gasteiger partial charge in [-0.2, -0.15) is 5.10 Å². The van der Waals surface area contributed by atoms with Gasteiger partial charge >= 0.3 is 0 Å². The van der Waals surface area contributed by atoms with Crippen LogP contribution in [0.15, 0.2) is 48.5 Å². The highest BCUT2D eigenvalue weighted by molar-refractivity contribution is 6.34. The molecule has 6 heteroatoms. The maximum absolute atomic E-state index is 12.6. The van der Waals surface area contributed by atoms with Gasteiger partial charge in [-0.25, -0.2) is 0 Å². The average molecular weight is 360 g/mol. The lowest BCUT2D eigenvalue weighted by molar-refractivity contribution is 0.102. The minimum absolute atomic E-state index is 0.271. The van der Waals surface area contributed by atoms with Gasteiger partial charge in [0, 0.05) is 10.6 Å². The molecule has 0 spiro atoms. The van der Waals surface area contributed by atoms with Gasteiger partial charge in [-0.1, -0.05) is 54.4 Å². The molecule has 0 aliphatic rings. The van der Waals surface area contributed by atoms with Crippen LogP contribution in [0.25, 0.3) is 11.3 Å². The Labute approximate surface area is 149 Å². The third-order valence-electron chi connectivity index (χ3n) is 3.67. The van der Waals surface area contributed by atoms with Crippen molar-refractivity contribution < 1.29 is 4.79 Å². The van der Waals surface area contributed by atoms with E-state index in [9.17, 15) is 4.79 Å². The minimum atomic E-state index is -0.271. The molecular formula is C18H15Cl2N3O. The van der Waals surface area contributed by atoms with Crippen molar-refractivity contribution in [1.29, 1.82) is 0 Å². The molecule has 0 bridgehead atoms. The number of aromatic amines is 1. The number of nitrogens with zero attached hydrogens (tertiary/aromatic N) is 1. The smallest absolute Gasteiger partial charge is 0.257 e. The summed E-state index contributed by atoms with van der Waals surface area (Å²) in [4.78, 5) is 12.6. The van der Waals surface area contributed by atoms with Gasteiger partial charge in [-0.15, -0.1) is 0 Å². The van der Waals surface area contributed by atoms with E-state index in [1.54, 1.807) is 36.4 Å². The first kappa shape index (κ1) is 16.6. The van der Waals surface area contributed by atoms with E-state index in [0.29, 0.717) is 33.4 Å². The van der Waals surface area contributed by atoms with E-state index in [0.717, 1.165) is 11.3 Å². The molecule has 1 amide bonds. The lowest BCUT2D eigenvalue weighted by Gasteiger charge is -2.09. The number of aryl methyl sites for hydroxylation is 1. The molecule has 0 aliphatic carbocycles. The summed E-state index contributed by atoms with van der Waals surface area (Å²) < 4.78 is 0. The van der Waals surface area contributed by atoms with Crippen LogP contribution in [0.2, 0.25) is 10.0 Å². The van der Waals surface area contributed by atoms with Crippen molar-refractivity contribution in [1.82, 2.24) is 10.2 Å². The topological polar surface area (TPSA) is 57.8 Å². The van der Waals surface area contributed by atoms with Gasteiger partial charge in [0.1, 0.15) is 5.69 Å². The molecule has 2 aromatic carbocycles. The summed E-state index contributed by atoms with van der Waals surface area (Å²) in [5.41, 5.74) is 3.46. The summed E-state index contributed by atoms with van der Waals surface area (Å²) in [6.45, 7) is 1.99. The third kappa shape index (κ3) is 3.30. The maximum atomic E-state index is 12.6.